The number of halogens is 4. The molecule has 0 spiro atoms. The van der Waals surface area contributed by atoms with E-state index in [1.54, 1.807) is 24.4 Å². The molecule has 1 aromatic carbocycles. The van der Waals surface area contributed by atoms with Crippen molar-refractivity contribution in [1.29, 1.82) is 0 Å². The van der Waals surface area contributed by atoms with Gasteiger partial charge in [-0.15, -0.1) is 0 Å². The number of carbonyl (C=O) groups is 1. The summed E-state index contributed by atoms with van der Waals surface area (Å²) in [5, 5.41) is 7.14. The first-order chi connectivity index (χ1) is 13.8. The lowest BCUT2D eigenvalue weighted by atomic mass is 9.84. The number of benzene rings is 1. The van der Waals surface area contributed by atoms with Gasteiger partial charge < -0.3 is 15.6 Å². The van der Waals surface area contributed by atoms with Gasteiger partial charge >= 0.3 is 6.03 Å². The number of rotatable bonds is 3. The van der Waals surface area contributed by atoms with Gasteiger partial charge in [0.15, 0.2) is 0 Å². The molecule has 0 atom stereocenters. The second-order valence-electron chi connectivity index (χ2n) is 7.19. The number of alkyl halides is 2. The van der Waals surface area contributed by atoms with E-state index >= 15 is 0 Å². The summed E-state index contributed by atoms with van der Waals surface area (Å²) in [5.74, 6) is -2.70. The molecule has 0 radical (unpaired) electrons. The van der Waals surface area contributed by atoms with Gasteiger partial charge in [-0.25, -0.2) is 13.6 Å². The normalized spacial score (nSPS) is 16.7. The number of nitrogens with one attached hydrogen (secondary N) is 3. The van der Waals surface area contributed by atoms with Crippen LogP contribution in [0.3, 0.4) is 0 Å². The summed E-state index contributed by atoms with van der Waals surface area (Å²) in [7, 11) is 0. The Labute approximate surface area is 175 Å². The third-order valence-electron chi connectivity index (χ3n) is 5.12. The van der Waals surface area contributed by atoms with E-state index in [-0.39, 0.29) is 18.8 Å². The fraction of sp³-hybridized carbons (Fsp3) is 0.300. The molecule has 1 fully saturated rings. The van der Waals surface area contributed by atoms with Gasteiger partial charge in [0.25, 0.3) is 0 Å². The molecule has 0 unspecified atom stereocenters. The number of hydrogen-bond donors (Lipinski definition) is 3. The standard InChI is InChI=1S/C20H18Cl2F2N4O/c21-12-1-2-16-14(7-12)17(10-25-16)28-19(29)27-13-8-15(22)18(26-9-13)11-3-5-20(23,24)6-4-11/h1-2,7-11,25H,3-6H2,(H2,27,28,29). The summed E-state index contributed by atoms with van der Waals surface area (Å²) >= 11 is 12.3. The van der Waals surface area contributed by atoms with Crippen LogP contribution in [0.1, 0.15) is 37.3 Å². The van der Waals surface area contributed by atoms with E-state index < -0.39 is 12.0 Å². The minimum absolute atomic E-state index is 0.0963. The quantitative estimate of drug-likeness (QED) is 0.420. The zero-order valence-electron chi connectivity index (χ0n) is 15.2. The predicted molar refractivity (Wildman–Crippen MR) is 111 cm³/mol. The molecule has 0 aliphatic heterocycles. The van der Waals surface area contributed by atoms with Crippen molar-refractivity contribution in [3.63, 3.8) is 0 Å². The number of urea groups is 1. The van der Waals surface area contributed by atoms with Gasteiger partial charge in [0, 0.05) is 40.9 Å². The lowest BCUT2D eigenvalue weighted by Crippen LogP contribution is -2.24. The van der Waals surface area contributed by atoms with Crippen molar-refractivity contribution in [1.82, 2.24) is 9.97 Å². The van der Waals surface area contributed by atoms with Crippen molar-refractivity contribution < 1.29 is 13.6 Å². The van der Waals surface area contributed by atoms with Gasteiger partial charge in [0.1, 0.15) is 0 Å². The SMILES string of the molecule is O=C(Nc1cnc(C2CCC(F)(F)CC2)c(Cl)c1)Nc1c[nH]c2ccc(Cl)cc12. The third-order valence-corrected chi connectivity index (χ3v) is 5.66. The summed E-state index contributed by atoms with van der Waals surface area (Å²) in [6.45, 7) is 0. The van der Waals surface area contributed by atoms with Gasteiger partial charge in [-0.2, -0.15) is 0 Å². The smallest absolute Gasteiger partial charge is 0.323 e. The van der Waals surface area contributed by atoms with Crippen LogP contribution in [-0.4, -0.2) is 21.9 Å². The number of H-pyrrole nitrogens is 1. The van der Waals surface area contributed by atoms with Gasteiger partial charge in [0.05, 0.1) is 28.3 Å². The Hall–Kier alpha value is -2.38. The Morgan fingerprint density at radius 2 is 1.93 bits per heavy atom. The molecular weight excluding hydrogens is 421 g/mol. The van der Waals surface area contributed by atoms with Crippen molar-refractivity contribution in [3.8, 4) is 0 Å². The van der Waals surface area contributed by atoms with Gasteiger partial charge in [0.2, 0.25) is 5.92 Å². The van der Waals surface area contributed by atoms with Crippen molar-refractivity contribution >= 4 is 51.5 Å². The van der Waals surface area contributed by atoms with E-state index in [1.807, 2.05) is 6.07 Å². The monoisotopic (exact) mass is 438 g/mol. The number of nitrogens with zero attached hydrogens (tertiary/aromatic N) is 1. The number of hydrogen-bond acceptors (Lipinski definition) is 2. The highest BCUT2D eigenvalue weighted by Gasteiger charge is 2.36. The topological polar surface area (TPSA) is 69.8 Å². The molecule has 1 saturated carbocycles. The number of amides is 2. The summed E-state index contributed by atoms with van der Waals surface area (Å²) in [6.07, 6.45) is 3.53. The molecule has 9 heteroatoms. The molecule has 0 saturated heterocycles. The number of aromatic nitrogens is 2. The zero-order valence-corrected chi connectivity index (χ0v) is 16.7. The van der Waals surface area contributed by atoms with Crippen LogP contribution in [-0.2, 0) is 0 Å². The average Bonchev–Trinajstić information content (AvgIpc) is 3.04. The van der Waals surface area contributed by atoms with E-state index in [2.05, 4.69) is 20.6 Å². The van der Waals surface area contributed by atoms with Crippen molar-refractivity contribution in [3.05, 3.63) is 52.4 Å². The molecule has 2 aromatic heterocycles. The van der Waals surface area contributed by atoms with Crippen molar-refractivity contribution in [2.75, 3.05) is 10.6 Å². The fourth-order valence-electron chi connectivity index (χ4n) is 3.61. The van der Waals surface area contributed by atoms with Gasteiger partial charge in [-0.1, -0.05) is 23.2 Å². The van der Waals surface area contributed by atoms with Crippen LogP contribution in [0.5, 0.6) is 0 Å². The maximum absolute atomic E-state index is 13.4. The molecule has 3 N–H and O–H groups in total. The summed E-state index contributed by atoms with van der Waals surface area (Å²) < 4.78 is 26.7. The Bertz CT molecular complexity index is 1060. The van der Waals surface area contributed by atoms with E-state index in [4.69, 9.17) is 23.2 Å². The number of anilines is 2. The van der Waals surface area contributed by atoms with Crippen LogP contribution >= 0.6 is 23.2 Å². The van der Waals surface area contributed by atoms with Crippen LogP contribution in [0, 0.1) is 0 Å². The largest absolute Gasteiger partial charge is 0.359 e. The number of aromatic amines is 1. The maximum atomic E-state index is 13.4. The van der Waals surface area contributed by atoms with Crippen LogP contribution in [0.4, 0.5) is 25.0 Å². The van der Waals surface area contributed by atoms with E-state index in [0.717, 1.165) is 10.9 Å². The Morgan fingerprint density at radius 3 is 2.66 bits per heavy atom. The summed E-state index contributed by atoms with van der Waals surface area (Å²) in [6, 6.07) is 6.46. The fourth-order valence-corrected chi connectivity index (χ4v) is 4.10. The van der Waals surface area contributed by atoms with Crippen LogP contribution < -0.4 is 10.6 Å². The van der Waals surface area contributed by atoms with Crippen LogP contribution in [0.25, 0.3) is 10.9 Å². The van der Waals surface area contributed by atoms with Gasteiger partial charge in [-0.3, -0.25) is 4.98 Å². The Kier molecular flexibility index (Phi) is 5.36. The third kappa shape index (κ3) is 4.46. The first kappa shape index (κ1) is 19.9. The second kappa shape index (κ2) is 7.80. The number of fused-ring (bicyclic) bond motifs is 1. The Balaban J connectivity index is 1.43. The molecule has 29 heavy (non-hydrogen) atoms. The minimum Gasteiger partial charge on any atom is -0.359 e. The highest BCUT2D eigenvalue weighted by Crippen LogP contribution is 2.42. The molecule has 4 rings (SSSR count). The summed E-state index contributed by atoms with van der Waals surface area (Å²) in [5.41, 5.74) is 2.44. The summed E-state index contributed by atoms with van der Waals surface area (Å²) in [4.78, 5) is 19.7. The maximum Gasteiger partial charge on any atom is 0.323 e. The minimum atomic E-state index is -2.60. The highest BCUT2D eigenvalue weighted by molar-refractivity contribution is 6.32. The first-order valence-electron chi connectivity index (χ1n) is 9.19. The predicted octanol–water partition coefficient (Wildman–Crippen LogP) is 6.81. The van der Waals surface area contributed by atoms with Crippen LogP contribution in [0.15, 0.2) is 36.7 Å². The molecular formula is C20H18Cl2F2N4O. The average molecular weight is 439 g/mol. The first-order valence-corrected chi connectivity index (χ1v) is 9.94. The molecule has 1 aliphatic carbocycles. The van der Waals surface area contributed by atoms with E-state index in [9.17, 15) is 13.6 Å². The zero-order chi connectivity index (χ0) is 20.6. The lowest BCUT2D eigenvalue weighted by molar-refractivity contribution is -0.0384. The van der Waals surface area contributed by atoms with E-state index in [1.165, 1.54) is 6.20 Å². The molecule has 0 bridgehead atoms. The molecule has 5 nitrogen and oxygen atoms in total. The van der Waals surface area contributed by atoms with Crippen LogP contribution in [0.2, 0.25) is 10.0 Å². The van der Waals surface area contributed by atoms with Crippen molar-refractivity contribution in [2.45, 2.75) is 37.5 Å². The lowest BCUT2D eigenvalue weighted by Gasteiger charge is -2.28. The van der Waals surface area contributed by atoms with Gasteiger partial charge in [-0.05, 0) is 37.1 Å². The molecule has 2 amide bonds. The highest BCUT2D eigenvalue weighted by atomic mass is 35.5. The van der Waals surface area contributed by atoms with E-state index in [0.29, 0.717) is 40.0 Å². The molecule has 2 heterocycles. The molecule has 1 aliphatic rings. The molecule has 3 aromatic rings. The number of carbonyl (C=O) groups excluding carboxylic acids is 1. The number of pyridine rings is 1. The molecule has 152 valence electrons. The second-order valence-corrected chi connectivity index (χ2v) is 8.04. The van der Waals surface area contributed by atoms with Crippen molar-refractivity contribution in [2.24, 2.45) is 0 Å². The Morgan fingerprint density at radius 1 is 1.17 bits per heavy atom.